The number of benzene rings is 1. The zero-order chi connectivity index (χ0) is 10.6. The van der Waals surface area contributed by atoms with E-state index in [1.165, 1.54) is 7.11 Å². The molecule has 2 N–H and O–H groups in total. The van der Waals surface area contributed by atoms with Crippen LogP contribution in [0.4, 0.5) is 5.69 Å². The summed E-state index contributed by atoms with van der Waals surface area (Å²) in [6.45, 7) is 1.74. The summed E-state index contributed by atoms with van der Waals surface area (Å²) in [6, 6.07) is 4.97. The molecule has 1 aromatic rings. The predicted octanol–water partition coefficient (Wildman–Crippen LogP) is 1.29. The number of anilines is 1. The smallest absolute Gasteiger partial charge is 0.250 e. The summed E-state index contributed by atoms with van der Waals surface area (Å²) in [4.78, 5) is 11.2. The van der Waals surface area contributed by atoms with E-state index in [0.717, 1.165) is 0 Å². The van der Waals surface area contributed by atoms with Crippen LogP contribution in [0.2, 0.25) is 0 Å². The Morgan fingerprint density at radius 1 is 1.57 bits per heavy atom. The van der Waals surface area contributed by atoms with Crippen molar-refractivity contribution < 1.29 is 14.6 Å². The van der Waals surface area contributed by atoms with Crippen LogP contribution in [0.3, 0.4) is 0 Å². The lowest BCUT2D eigenvalue weighted by Gasteiger charge is -2.08. The van der Waals surface area contributed by atoms with Gasteiger partial charge in [0, 0.05) is 18.4 Å². The van der Waals surface area contributed by atoms with E-state index < -0.39 is 0 Å². The van der Waals surface area contributed by atoms with Gasteiger partial charge in [0.25, 0.3) is 0 Å². The molecule has 0 spiro atoms. The van der Waals surface area contributed by atoms with Gasteiger partial charge >= 0.3 is 0 Å². The Morgan fingerprint density at radius 2 is 2.29 bits per heavy atom. The van der Waals surface area contributed by atoms with Gasteiger partial charge in [0.15, 0.2) is 0 Å². The van der Waals surface area contributed by atoms with E-state index in [1.807, 2.05) is 0 Å². The van der Waals surface area contributed by atoms with Crippen molar-refractivity contribution in [2.24, 2.45) is 0 Å². The first-order valence-electron chi connectivity index (χ1n) is 4.22. The molecular weight excluding hydrogens is 182 g/mol. The molecule has 0 aromatic heterocycles. The average Bonchev–Trinajstić information content (AvgIpc) is 2.13. The van der Waals surface area contributed by atoms with Crippen LogP contribution in [0.25, 0.3) is 0 Å². The molecule has 0 unspecified atom stereocenters. The first-order valence-corrected chi connectivity index (χ1v) is 4.22. The van der Waals surface area contributed by atoms with Crippen molar-refractivity contribution in [3.63, 3.8) is 0 Å². The molecule has 1 amide bonds. The highest BCUT2D eigenvalue weighted by molar-refractivity contribution is 5.92. The molecule has 0 radical (unpaired) electrons. The van der Waals surface area contributed by atoms with Crippen molar-refractivity contribution >= 4 is 11.6 Å². The van der Waals surface area contributed by atoms with E-state index >= 15 is 0 Å². The summed E-state index contributed by atoms with van der Waals surface area (Å²) in [5, 5.41) is 12.0. The summed E-state index contributed by atoms with van der Waals surface area (Å²) < 4.78 is 4.67. The zero-order valence-corrected chi connectivity index (χ0v) is 8.20. The van der Waals surface area contributed by atoms with Crippen molar-refractivity contribution in [2.45, 2.75) is 6.92 Å². The second-order valence-corrected chi connectivity index (χ2v) is 2.93. The zero-order valence-electron chi connectivity index (χ0n) is 8.20. The summed E-state index contributed by atoms with van der Waals surface area (Å²) in [5.41, 5.74) is 1.25. The van der Waals surface area contributed by atoms with Gasteiger partial charge in [0.2, 0.25) is 5.91 Å². The number of rotatable bonds is 3. The lowest BCUT2D eigenvalue weighted by Crippen LogP contribution is -2.17. The molecule has 4 nitrogen and oxygen atoms in total. The number of ether oxygens (including phenoxy) is 1. The van der Waals surface area contributed by atoms with Crippen molar-refractivity contribution in [3.05, 3.63) is 23.8 Å². The van der Waals surface area contributed by atoms with Crippen LogP contribution in [0.5, 0.6) is 5.75 Å². The Kier molecular flexibility index (Phi) is 3.48. The van der Waals surface area contributed by atoms with Gasteiger partial charge < -0.3 is 15.2 Å². The topological polar surface area (TPSA) is 58.6 Å². The molecule has 0 fully saturated rings. The molecule has 0 saturated heterocycles. The summed E-state index contributed by atoms with van der Waals surface area (Å²) in [7, 11) is 1.45. The van der Waals surface area contributed by atoms with Gasteiger partial charge in [-0.3, -0.25) is 4.79 Å². The van der Waals surface area contributed by atoms with Crippen LogP contribution in [-0.2, 0) is 9.53 Å². The van der Waals surface area contributed by atoms with Gasteiger partial charge in [-0.15, -0.1) is 0 Å². The molecule has 14 heavy (non-hydrogen) atoms. The van der Waals surface area contributed by atoms with Crippen molar-refractivity contribution in [1.82, 2.24) is 0 Å². The largest absolute Gasteiger partial charge is 0.508 e. The molecule has 4 heteroatoms. The predicted molar refractivity (Wildman–Crippen MR) is 53.3 cm³/mol. The van der Waals surface area contributed by atoms with E-state index in [4.69, 9.17) is 0 Å². The van der Waals surface area contributed by atoms with Gasteiger partial charge in [-0.1, -0.05) is 6.07 Å². The molecular formula is C10H13NO3. The van der Waals surface area contributed by atoms with Crippen molar-refractivity contribution in [3.8, 4) is 5.75 Å². The standard InChI is InChI=1S/C10H13NO3/c1-7-8(4-3-5-9(7)12)11-10(13)6-14-2/h3-5,12H,6H2,1-2H3,(H,11,13). The van der Waals surface area contributed by atoms with Gasteiger partial charge in [-0.2, -0.15) is 0 Å². The number of aromatic hydroxyl groups is 1. The molecule has 1 rings (SSSR count). The van der Waals surface area contributed by atoms with Gasteiger partial charge in [-0.25, -0.2) is 0 Å². The number of carbonyl (C=O) groups excluding carboxylic acids is 1. The van der Waals surface area contributed by atoms with E-state index in [-0.39, 0.29) is 18.3 Å². The highest BCUT2D eigenvalue weighted by atomic mass is 16.5. The highest BCUT2D eigenvalue weighted by Gasteiger charge is 2.05. The third-order valence-corrected chi connectivity index (χ3v) is 1.85. The molecule has 0 saturated carbocycles. The number of phenols is 1. The molecule has 0 aliphatic heterocycles. The van der Waals surface area contributed by atoms with Crippen LogP contribution in [0.15, 0.2) is 18.2 Å². The minimum absolute atomic E-state index is 0.00902. The normalized spacial score (nSPS) is 9.86. The number of nitrogens with one attached hydrogen (secondary N) is 1. The fourth-order valence-corrected chi connectivity index (χ4v) is 1.08. The van der Waals surface area contributed by atoms with Gasteiger partial charge in [-0.05, 0) is 19.1 Å². The minimum Gasteiger partial charge on any atom is -0.508 e. The number of methoxy groups -OCH3 is 1. The van der Waals surface area contributed by atoms with Crippen LogP contribution in [-0.4, -0.2) is 24.7 Å². The minimum atomic E-state index is -0.235. The number of hydrogen-bond acceptors (Lipinski definition) is 3. The lowest BCUT2D eigenvalue weighted by molar-refractivity contribution is -0.119. The van der Waals surface area contributed by atoms with Crippen LogP contribution >= 0.6 is 0 Å². The fraction of sp³-hybridized carbons (Fsp3) is 0.300. The van der Waals surface area contributed by atoms with E-state index in [2.05, 4.69) is 10.1 Å². The fourth-order valence-electron chi connectivity index (χ4n) is 1.08. The maximum atomic E-state index is 11.2. The molecule has 1 aromatic carbocycles. The monoisotopic (exact) mass is 195 g/mol. The number of amides is 1. The maximum Gasteiger partial charge on any atom is 0.250 e. The molecule has 0 heterocycles. The second-order valence-electron chi connectivity index (χ2n) is 2.93. The summed E-state index contributed by atoms with van der Waals surface area (Å²) >= 11 is 0. The van der Waals surface area contributed by atoms with Gasteiger partial charge in [0.1, 0.15) is 12.4 Å². The Labute approximate surface area is 82.5 Å². The van der Waals surface area contributed by atoms with Crippen LogP contribution in [0, 0.1) is 6.92 Å². The van der Waals surface area contributed by atoms with Crippen LogP contribution in [0.1, 0.15) is 5.56 Å². The Balaban J connectivity index is 2.76. The average molecular weight is 195 g/mol. The number of carbonyl (C=O) groups is 1. The van der Waals surface area contributed by atoms with E-state index in [0.29, 0.717) is 11.3 Å². The summed E-state index contributed by atoms with van der Waals surface area (Å²) in [6.07, 6.45) is 0. The Bertz CT molecular complexity index is 336. The highest BCUT2D eigenvalue weighted by Crippen LogP contribution is 2.23. The van der Waals surface area contributed by atoms with E-state index in [9.17, 15) is 9.90 Å². The SMILES string of the molecule is COCC(=O)Nc1cccc(O)c1C. The Hall–Kier alpha value is -1.55. The first kappa shape index (κ1) is 10.5. The van der Waals surface area contributed by atoms with E-state index in [1.54, 1.807) is 25.1 Å². The number of phenolic OH excluding ortho intramolecular Hbond substituents is 1. The third-order valence-electron chi connectivity index (χ3n) is 1.85. The van der Waals surface area contributed by atoms with Crippen molar-refractivity contribution in [1.29, 1.82) is 0 Å². The van der Waals surface area contributed by atoms with Crippen molar-refractivity contribution in [2.75, 3.05) is 19.0 Å². The molecule has 0 aliphatic carbocycles. The van der Waals surface area contributed by atoms with Crippen LogP contribution < -0.4 is 5.32 Å². The second kappa shape index (κ2) is 4.62. The Morgan fingerprint density at radius 3 is 2.93 bits per heavy atom. The summed E-state index contributed by atoms with van der Waals surface area (Å²) in [5.74, 6) is -0.0681. The quantitative estimate of drug-likeness (QED) is 0.764. The first-order chi connectivity index (χ1) is 6.65. The molecule has 0 aliphatic rings. The van der Waals surface area contributed by atoms with Gasteiger partial charge in [0.05, 0.1) is 0 Å². The maximum absolute atomic E-state index is 11.2. The molecule has 0 atom stereocenters. The molecule has 0 bridgehead atoms. The lowest BCUT2D eigenvalue weighted by atomic mass is 10.2. The molecule has 76 valence electrons. The third kappa shape index (κ3) is 2.47. The number of hydrogen-bond donors (Lipinski definition) is 2.